The molecular formula is C12H21NO4. The van der Waals surface area contributed by atoms with E-state index in [1.807, 2.05) is 0 Å². The Hall–Kier alpha value is -1.10. The van der Waals surface area contributed by atoms with Crippen LogP contribution in [0.15, 0.2) is 0 Å². The summed E-state index contributed by atoms with van der Waals surface area (Å²) in [5.41, 5.74) is 0. The van der Waals surface area contributed by atoms with Crippen molar-refractivity contribution in [2.45, 2.75) is 32.7 Å². The van der Waals surface area contributed by atoms with Crippen molar-refractivity contribution in [2.75, 3.05) is 20.3 Å². The first-order valence-electron chi connectivity index (χ1n) is 6.01. The normalized spacial score (nSPS) is 23.5. The van der Waals surface area contributed by atoms with Crippen molar-refractivity contribution in [3.05, 3.63) is 0 Å². The highest BCUT2D eigenvalue weighted by Crippen LogP contribution is 2.23. The first-order valence-corrected chi connectivity index (χ1v) is 6.01. The fraction of sp³-hybridized carbons (Fsp3) is 0.833. The molecule has 5 nitrogen and oxygen atoms in total. The molecule has 3 unspecified atom stereocenters. The topological polar surface area (TPSA) is 66.8 Å². The summed E-state index contributed by atoms with van der Waals surface area (Å²) >= 11 is 0. The zero-order valence-electron chi connectivity index (χ0n) is 10.7. The number of methoxy groups -OCH3 is 1. The Bertz CT molecular complexity index is 292. The third kappa shape index (κ3) is 3.19. The van der Waals surface area contributed by atoms with Crippen molar-refractivity contribution in [3.63, 3.8) is 0 Å². The molecule has 0 aliphatic carbocycles. The van der Waals surface area contributed by atoms with Crippen LogP contribution in [-0.2, 0) is 14.3 Å². The number of hydrogen-bond donors (Lipinski definition) is 1. The van der Waals surface area contributed by atoms with Crippen molar-refractivity contribution in [1.29, 1.82) is 0 Å². The summed E-state index contributed by atoms with van der Waals surface area (Å²) in [6, 6.07) is 0.107. The molecule has 17 heavy (non-hydrogen) atoms. The van der Waals surface area contributed by atoms with Crippen LogP contribution in [0.25, 0.3) is 0 Å². The van der Waals surface area contributed by atoms with Crippen molar-refractivity contribution < 1.29 is 19.4 Å². The Labute approximate surface area is 102 Å². The van der Waals surface area contributed by atoms with Gasteiger partial charge in [0, 0.05) is 19.6 Å². The van der Waals surface area contributed by atoms with Crippen LogP contribution < -0.4 is 0 Å². The fourth-order valence-electron chi connectivity index (χ4n) is 2.18. The summed E-state index contributed by atoms with van der Waals surface area (Å²) < 4.78 is 5.08. The van der Waals surface area contributed by atoms with Gasteiger partial charge in [0.2, 0.25) is 5.91 Å². The highest BCUT2D eigenvalue weighted by atomic mass is 16.5. The molecule has 98 valence electrons. The Balaban J connectivity index is 2.65. The molecule has 1 N–H and O–H groups in total. The van der Waals surface area contributed by atoms with Crippen LogP contribution in [0.1, 0.15) is 26.7 Å². The number of rotatable bonds is 5. The van der Waals surface area contributed by atoms with Gasteiger partial charge in [-0.1, -0.05) is 13.8 Å². The van der Waals surface area contributed by atoms with Gasteiger partial charge in [0.1, 0.15) is 0 Å². The monoisotopic (exact) mass is 243 g/mol. The van der Waals surface area contributed by atoms with E-state index < -0.39 is 17.8 Å². The first kappa shape index (κ1) is 14.0. The van der Waals surface area contributed by atoms with Crippen LogP contribution in [0.2, 0.25) is 0 Å². The van der Waals surface area contributed by atoms with E-state index in [0.717, 1.165) is 12.8 Å². The summed E-state index contributed by atoms with van der Waals surface area (Å²) in [5.74, 6) is -2.12. The van der Waals surface area contributed by atoms with Crippen LogP contribution in [0.4, 0.5) is 0 Å². The average Bonchev–Trinajstić information content (AvgIpc) is 2.74. The molecular weight excluding hydrogens is 222 g/mol. The number of carboxylic acids is 1. The predicted molar refractivity (Wildman–Crippen MR) is 62.6 cm³/mol. The highest BCUT2D eigenvalue weighted by Gasteiger charge is 2.35. The third-order valence-corrected chi connectivity index (χ3v) is 3.55. The summed E-state index contributed by atoms with van der Waals surface area (Å²) in [7, 11) is 1.62. The average molecular weight is 243 g/mol. The number of nitrogens with zero attached hydrogens (tertiary/aromatic N) is 1. The molecule has 1 fully saturated rings. The minimum atomic E-state index is -0.923. The van der Waals surface area contributed by atoms with Gasteiger partial charge >= 0.3 is 5.97 Å². The standard InChI is InChI=1S/C12H21NO4/c1-8(9(2)12(15)16)11(14)13-6-4-5-10(13)7-17-3/h8-10H,4-7H2,1-3H3,(H,15,16). The third-order valence-electron chi connectivity index (χ3n) is 3.55. The maximum Gasteiger partial charge on any atom is 0.307 e. The van der Waals surface area contributed by atoms with Crippen LogP contribution in [-0.4, -0.2) is 48.2 Å². The summed E-state index contributed by atoms with van der Waals surface area (Å²) in [6.07, 6.45) is 1.90. The minimum absolute atomic E-state index is 0.0700. The molecule has 0 aromatic heterocycles. The number of carbonyl (C=O) groups is 2. The SMILES string of the molecule is COCC1CCCN1C(=O)C(C)C(C)C(=O)O. The van der Waals surface area contributed by atoms with E-state index in [1.165, 1.54) is 0 Å². The Morgan fingerprint density at radius 2 is 2.06 bits per heavy atom. The molecule has 0 aromatic carbocycles. The maximum absolute atomic E-state index is 12.2. The van der Waals surface area contributed by atoms with Gasteiger partial charge < -0.3 is 14.7 Å². The second kappa shape index (κ2) is 6.00. The zero-order chi connectivity index (χ0) is 13.0. The fourth-order valence-corrected chi connectivity index (χ4v) is 2.18. The molecule has 0 spiro atoms. The first-order chi connectivity index (χ1) is 7.99. The van der Waals surface area contributed by atoms with Gasteiger partial charge in [-0.2, -0.15) is 0 Å². The lowest BCUT2D eigenvalue weighted by atomic mass is 9.94. The smallest absolute Gasteiger partial charge is 0.307 e. The quantitative estimate of drug-likeness (QED) is 0.781. The molecule has 0 bridgehead atoms. The van der Waals surface area contributed by atoms with Gasteiger partial charge in [0.15, 0.2) is 0 Å². The number of hydrogen-bond acceptors (Lipinski definition) is 3. The van der Waals surface area contributed by atoms with E-state index in [4.69, 9.17) is 9.84 Å². The summed E-state index contributed by atoms with van der Waals surface area (Å²) in [6.45, 7) is 4.50. The lowest BCUT2D eigenvalue weighted by Crippen LogP contribution is -2.43. The molecule has 1 saturated heterocycles. The number of carbonyl (C=O) groups excluding carboxylic acids is 1. The number of aliphatic carboxylic acids is 1. The molecule has 0 aromatic rings. The molecule has 1 aliphatic rings. The van der Waals surface area contributed by atoms with Crippen LogP contribution in [0, 0.1) is 11.8 Å². The largest absolute Gasteiger partial charge is 0.481 e. The van der Waals surface area contributed by atoms with Gasteiger partial charge in [0.25, 0.3) is 0 Å². The number of carboxylic acid groups (broad SMARTS) is 1. The zero-order valence-corrected chi connectivity index (χ0v) is 10.7. The molecule has 1 rings (SSSR count). The molecule has 1 aliphatic heterocycles. The van der Waals surface area contributed by atoms with Crippen molar-refractivity contribution in [1.82, 2.24) is 4.90 Å². The van der Waals surface area contributed by atoms with Gasteiger partial charge in [-0.05, 0) is 12.8 Å². The van der Waals surface area contributed by atoms with Gasteiger partial charge in [0.05, 0.1) is 18.6 Å². The molecule has 0 radical (unpaired) electrons. The van der Waals surface area contributed by atoms with Crippen molar-refractivity contribution >= 4 is 11.9 Å². The molecule has 0 saturated carbocycles. The number of ether oxygens (including phenoxy) is 1. The molecule has 1 amide bonds. The van der Waals surface area contributed by atoms with E-state index in [-0.39, 0.29) is 11.9 Å². The van der Waals surface area contributed by atoms with Crippen LogP contribution in [0.3, 0.4) is 0 Å². The van der Waals surface area contributed by atoms with E-state index >= 15 is 0 Å². The summed E-state index contributed by atoms with van der Waals surface area (Å²) in [5, 5.41) is 8.92. The molecule has 3 atom stereocenters. The van der Waals surface area contributed by atoms with E-state index in [9.17, 15) is 9.59 Å². The van der Waals surface area contributed by atoms with Crippen LogP contribution in [0.5, 0.6) is 0 Å². The molecule has 1 heterocycles. The van der Waals surface area contributed by atoms with Crippen LogP contribution >= 0.6 is 0 Å². The maximum atomic E-state index is 12.2. The Morgan fingerprint density at radius 3 is 2.59 bits per heavy atom. The second-order valence-corrected chi connectivity index (χ2v) is 4.70. The van der Waals surface area contributed by atoms with Crippen molar-refractivity contribution in [2.24, 2.45) is 11.8 Å². The van der Waals surface area contributed by atoms with Gasteiger partial charge in [-0.3, -0.25) is 9.59 Å². The lowest BCUT2D eigenvalue weighted by Gasteiger charge is -2.28. The lowest BCUT2D eigenvalue weighted by molar-refractivity contribution is -0.149. The number of likely N-dealkylation sites (tertiary alicyclic amines) is 1. The minimum Gasteiger partial charge on any atom is -0.481 e. The van der Waals surface area contributed by atoms with Gasteiger partial charge in [-0.25, -0.2) is 0 Å². The predicted octanol–water partition coefficient (Wildman–Crippen LogP) is 0.981. The summed E-state index contributed by atoms with van der Waals surface area (Å²) in [4.78, 5) is 24.8. The van der Waals surface area contributed by atoms with Crippen molar-refractivity contribution in [3.8, 4) is 0 Å². The van der Waals surface area contributed by atoms with E-state index in [1.54, 1.807) is 25.9 Å². The Kier molecular flexibility index (Phi) is 4.93. The molecule has 5 heteroatoms. The number of amides is 1. The Morgan fingerprint density at radius 1 is 1.41 bits per heavy atom. The second-order valence-electron chi connectivity index (χ2n) is 4.70. The van der Waals surface area contributed by atoms with E-state index in [2.05, 4.69) is 0 Å². The van der Waals surface area contributed by atoms with E-state index in [0.29, 0.717) is 13.2 Å². The highest BCUT2D eigenvalue weighted by molar-refractivity contribution is 5.84. The van der Waals surface area contributed by atoms with Gasteiger partial charge in [-0.15, -0.1) is 0 Å².